The molecule has 30 heavy (non-hydrogen) atoms. The lowest BCUT2D eigenvalue weighted by Gasteiger charge is -2.42. The Morgan fingerprint density at radius 2 is 2.27 bits per heavy atom. The number of ketones is 1. The molecule has 2 aromatic rings. The molecule has 10 heteroatoms. The summed E-state index contributed by atoms with van der Waals surface area (Å²) in [7, 11) is 0. The van der Waals surface area contributed by atoms with Gasteiger partial charge < -0.3 is 5.73 Å². The van der Waals surface area contributed by atoms with Gasteiger partial charge in [-0.1, -0.05) is 32.1 Å². The van der Waals surface area contributed by atoms with Gasteiger partial charge in [0.05, 0.1) is 21.8 Å². The van der Waals surface area contributed by atoms with Crippen molar-refractivity contribution in [2.75, 3.05) is 10.7 Å². The molecule has 0 saturated heterocycles. The van der Waals surface area contributed by atoms with E-state index in [4.69, 9.17) is 18.0 Å². The van der Waals surface area contributed by atoms with Crippen LogP contribution in [-0.4, -0.2) is 21.7 Å². The maximum atomic E-state index is 13.5. The van der Waals surface area contributed by atoms with E-state index in [9.17, 15) is 10.1 Å². The van der Waals surface area contributed by atoms with Crippen molar-refractivity contribution in [1.29, 1.82) is 5.26 Å². The number of thioether (sulfide) groups is 1. The Kier molecular flexibility index (Phi) is 5.66. The van der Waals surface area contributed by atoms with Crippen LogP contribution in [0.15, 0.2) is 38.3 Å². The second kappa shape index (κ2) is 7.96. The fourth-order valence-corrected chi connectivity index (χ4v) is 7.11. The first-order valence-corrected chi connectivity index (χ1v) is 12.6. The number of Topliss-reactive ketones (excluding diaryl/α,β-unsaturated/α-hetero) is 1. The first-order valence-electron chi connectivity index (χ1n) is 9.49. The lowest BCUT2D eigenvalue weighted by Crippen LogP contribution is -2.42. The minimum atomic E-state index is -0.447. The van der Waals surface area contributed by atoms with E-state index < -0.39 is 5.92 Å². The van der Waals surface area contributed by atoms with Gasteiger partial charge in [-0.05, 0) is 46.8 Å². The third-order valence-corrected chi connectivity index (χ3v) is 8.47. The number of hydrogen-bond donors (Lipinski definition) is 2. The molecule has 0 amide bonds. The van der Waals surface area contributed by atoms with Crippen molar-refractivity contribution in [3.05, 3.63) is 43.6 Å². The van der Waals surface area contributed by atoms with Gasteiger partial charge in [0.15, 0.2) is 9.74 Å². The van der Waals surface area contributed by atoms with Crippen LogP contribution in [0.5, 0.6) is 0 Å². The van der Waals surface area contributed by atoms with Crippen LogP contribution in [0.4, 0.5) is 5.13 Å². The van der Waals surface area contributed by atoms with Crippen molar-refractivity contribution < 1.29 is 4.79 Å². The molecule has 3 heterocycles. The van der Waals surface area contributed by atoms with Gasteiger partial charge in [-0.25, -0.2) is 0 Å². The Labute approximate surface area is 192 Å². The first-order chi connectivity index (χ1) is 14.3. The zero-order chi connectivity index (χ0) is 21.6. The van der Waals surface area contributed by atoms with Crippen molar-refractivity contribution >= 4 is 57.6 Å². The van der Waals surface area contributed by atoms with E-state index in [2.05, 4.69) is 37.0 Å². The molecule has 1 atom stereocenters. The van der Waals surface area contributed by atoms with Gasteiger partial charge >= 0.3 is 0 Å². The summed E-state index contributed by atoms with van der Waals surface area (Å²) in [6.07, 6.45) is 1.10. The Bertz CT molecular complexity index is 1180. The summed E-state index contributed by atoms with van der Waals surface area (Å²) in [4.78, 5) is 15.2. The molecule has 0 bridgehead atoms. The number of anilines is 1. The van der Waals surface area contributed by atoms with Crippen molar-refractivity contribution in [3.8, 4) is 6.07 Å². The third-order valence-electron chi connectivity index (χ3n) is 5.24. The van der Waals surface area contributed by atoms with Gasteiger partial charge in [0.1, 0.15) is 5.82 Å². The number of hydrogen-bond acceptors (Lipinski definition) is 9. The van der Waals surface area contributed by atoms with Crippen LogP contribution in [0.25, 0.3) is 0 Å². The Morgan fingerprint density at radius 3 is 2.90 bits per heavy atom. The number of thiophene rings is 1. The molecule has 0 spiro atoms. The molecule has 0 saturated carbocycles. The molecule has 1 aliphatic heterocycles. The van der Waals surface area contributed by atoms with Gasteiger partial charge in [0.25, 0.3) is 0 Å². The van der Waals surface area contributed by atoms with Crippen LogP contribution in [0.2, 0.25) is 0 Å². The summed E-state index contributed by atoms with van der Waals surface area (Å²) < 4.78 is 1.64. The molecule has 6 nitrogen and oxygen atoms in total. The van der Waals surface area contributed by atoms with E-state index >= 15 is 0 Å². The van der Waals surface area contributed by atoms with Crippen molar-refractivity contribution in [1.82, 2.24) is 10.2 Å². The highest BCUT2D eigenvalue weighted by molar-refractivity contribution is 8.01. The summed E-state index contributed by atoms with van der Waals surface area (Å²) >= 11 is 9.86. The van der Waals surface area contributed by atoms with Gasteiger partial charge in [-0.3, -0.25) is 14.8 Å². The van der Waals surface area contributed by atoms with Crippen molar-refractivity contribution in [2.45, 2.75) is 43.7 Å². The average Bonchev–Trinajstić information content (AvgIpc) is 3.29. The zero-order valence-corrected chi connectivity index (χ0v) is 20.1. The highest BCUT2D eigenvalue weighted by Gasteiger charge is 2.46. The van der Waals surface area contributed by atoms with Gasteiger partial charge in [0.2, 0.25) is 5.13 Å². The zero-order valence-electron chi connectivity index (χ0n) is 16.8. The molecule has 4 rings (SSSR count). The predicted octanol–water partition coefficient (Wildman–Crippen LogP) is 5.32. The lowest BCUT2D eigenvalue weighted by atomic mass is 9.69. The van der Waals surface area contributed by atoms with Crippen molar-refractivity contribution in [2.24, 2.45) is 11.1 Å². The normalized spacial score (nSPS) is 21.1. The number of nitrogens with zero attached hydrogens (tertiary/aromatic N) is 3. The van der Waals surface area contributed by atoms with Gasteiger partial charge in [-0.2, -0.15) is 5.26 Å². The Balaban J connectivity index is 2.00. The molecule has 2 aliphatic rings. The molecule has 156 valence electrons. The van der Waals surface area contributed by atoms with E-state index in [0.29, 0.717) is 38.9 Å². The van der Waals surface area contributed by atoms with E-state index in [0.717, 1.165) is 21.2 Å². The third kappa shape index (κ3) is 3.54. The molecule has 0 aromatic carbocycles. The van der Waals surface area contributed by atoms with E-state index in [1.807, 2.05) is 11.4 Å². The number of carbonyl (C=O) groups excluding carboxylic acids is 1. The van der Waals surface area contributed by atoms with E-state index in [-0.39, 0.29) is 11.2 Å². The Morgan fingerprint density at radius 1 is 1.50 bits per heavy atom. The summed E-state index contributed by atoms with van der Waals surface area (Å²) in [5.41, 5.74) is 9.25. The predicted molar refractivity (Wildman–Crippen MR) is 125 cm³/mol. The topological polar surface area (TPSA) is 98.8 Å². The number of nitriles is 1. The number of nitrogens with two attached hydrogens (primary N) is 1. The van der Waals surface area contributed by atoms with Crippen LogP contribution in [0, 0.1) is 20.7 Å². The molecule has 1 unspecified atom stereocenters. The summed E-state index contributed by atoms with van der Waals surface area (Å²) in [6.45, 7) is 6.25. The van der Waals surface area contributed by atoms with Crippen LogP contribution in [0.3, 0.4) is 0 Å². The lowest BCUT2D eigenvalue weighted by molar-refractivity contribution is -0.118. The molecule has 1 aliphatic carbocycles. The van der Waals surface area contributed by atoms with Gasteiger partial charge in [-0.15, -0.1) is 28.2 Å². The van der Waals surface area contributed by atoms with Gasteiger partial charge in [0, 0.05) is 17.7 Å². The first kappa shape index (κ1) is 21.3. The monoisotopic (exact) mass is 475 g/mol. The highest BCUT2D eigenvalue weighted by Crippen LogP contribution is 2.52. The number of aromatic nitrogens is 2. The second-order valence-corrected chi connectivity index (χ2v) is 12.1. The smallest absolute Gasteiger partial charge is 0.216 e. The largest absolute Gasteiger partial charge is 0.384 e. The standard InChI is InChI=1S/C20H21N5OS4/c1-4-28-17-10(5-6-29-17)14-11(9-21)16(22)25(18-23-24-19(27)30-18)12-7-20(2,3)8-13(26)15(12)14/h5-6,14H,4,7-8,22H2,1-3H3,(H,24,27). The molecule has 0 fully saturated rings. The number of nitrogens with one attached hydrogen (secondary N) is 1. The van der Waals surface area contributed by atoms with Crippen LogP contribution < -0.4 is 10.6 Å². The molecular weight excluding hydrogens is 455 g/mol. The number of aromatic amines is 1. The fraction of sp³-hybridized carbons (Fsp3) is 0.400. The maximum Gasteiger partial charge on any atom is 0.216 e. The molecule has 0 radical (unpaired) electrons. The number of rotatable bonds is 4. The summed E-state index contributed by atoms with van der Waals surface area (Å²) in [5.74, 6) is 0.853. The number of carbonyl (C=O) groups is 1. The minimum absolute atomic E-state index is 0.0641. The molecular formula is C20H21N5OS4. The maximum absolute atomic E-state index is 13.5. The number of allylic oxidation sites excluding steroid dienone is 3. The van der Waals surface area contributed by atoms with Crippen LogP contribution >= 0.6 is 46.7 Å². The highest BCUT2D eigenvalue weighted by atomic mass is 32.2. The average molecular weight is 476 g/mol. The van der Waals surface area contributed by atoms with Crippen molar-refractivity contribution in [3.63, 3.8) is 0 Å². The minimum Gasteiger partial charge on any atom is -0.384 e. The molecule has 3 N–H and O–H groups in total. The SMILES string of the molecule is CCSc1sccc1C1C(C#N)=C(N)N(c2n[nH]c(=S)s2)C2=C1C(=O)CC(C)(C)C2. The summed E-state index contributed by atoms with van der Waals surface area (Å²) in [5, 5.41) is 19.8. The van der Waals surface area contributed by atoms with E-state index in [1.165, 1.54) is 11.3 Å². The quantitative estimate of drug-likeness (QED) is 0.456. The molecule has 2 aromatic heterocycles. The second-order valence-electron chi connectivity index (χ2n) is 7.97. The number of H-pyrrole nitrogens is 1. The fourth-order valence-electron chi connectivity index (χ4n) is 4.12. The van der Waals surface area contributed by atoms with Crippen LogP contribution in [-0.2, 0) is 4.79 Å². The van der Waals surface area contributed by atoms with Crippen LogP contribution in [0.1, 0.15) is 45.1 Å². The van der Waals surface area contributed by atoms with E-state index in [1.54, 1.807) is 28.0 Å². The summed E-state index contributed by atoms with van der Waals surface area (Å²) in [6, 6.07) is 4.32. The Hall–Kier alpha value is -1.93.